The van der Waals surface area contributed by atoms with Crippen molar-refractivity contribution >= 4 is 27.6 Å². The number of hydrogen-bond donors (Lipinski definition) is 3. The predicted molar refractivity (Wildman–Crippen MR) is 118 cm³/mol. The number of nitrogens with two attached hydrogens (primary N) is 1. The number of rotatable bonds is 6. The molecule has 1 unspecified atom stereocenters. The number of para-hydroxylation sites is 1. The van der Waals surface area contributed by atoms with Crippen LogP contribution in [0.3, 0.4) is 0 Å². The molecule has 1 atom stereocenters. The topological polar surface area (TPSA) is 125 Å². The first kappa shape index (κ1) is 22.6. The summed E-state index contributed by atoms with van der Waals surface area (Å²) in [7, 11) is -3.75. The zero-order valence-electron chi connectivity index (χ0n) is 17.3. The molecule has 1 aliphatic rings. The van der Waals surface area contributed by atoms with Crippen LogP contribution in [0.15, 0.2) is 59.5 Å². The molecule has 0 spiro atoms. The number of primary sulfonamides is 1. The van der Waals surface area contributed by atoms with Gasteiger partial charge in [0.15, 0.2) is 0 Å². The standard InChI is InChI=1S/C21H27N5O4S/c1-16(20(27)23-15-17-7-9-19(10-8-17)31(22,29)30)24-21(28)26-13-11-25(12-14-26)18-5-3-2-4-6-18/h2-10,16H,11-15H2,1H3,(H,23,27)(H,24,28)(H2,22,29,30). The minimum Gasteiger partial charge on any atom is -0.368 e. The van der Waals surface area contributed by atoms with Crippen molar-refractivity contribution in [3.63, 3.8) is 0 Å². The molecule has 1 fully saturated rings. The van der Waals surface area contributed by atoms with Gasteiger partial charge >= 0.3 is 6.03 Å². The van der Waals surface area contributed by atoms with Crippen molar-refractivity contribution in [1.29, 1.82) is 0 Å². The normalized spacial score (nSPS) is 15.3. The van der Waals surface area contributed by atoms with Crippen molar-refractivity contribution in [2.45, 2.75) is 24.4 Å². The van der Waals surface area contributed by atoms with E-state index >= 15 is 0 Å². The lowest BCUT2D eigenvalue weighted by atomic mass is 10.2. The molecule has 0 saturated carbocycles. The van der Waals surface area contributed by atoms with Gasteiger partial charge in [0.25, 0.3) is 0 Å². The highest BCUT2D eigenvalue weighted by Gasteiger charge is 2.24. The summed E-state index contributed by atoms with van der Waals surface area (Å²) in [5.74, 6) is -0.327. The average molecular weight is 446 g/mol. The molecule has 2 aromatic rings. The SMILES string of the molecule is CC(NC(=O)N1CCN(c2ccccc2)CC1)C(=O)NCc1ccc(S(N)(=O)=O)cc1. The summed E-state index contributed by atoms with van der Waals surface area (Å²) in [6.07, 6.45) is 0. The van der Waals surface area contributed by atoms with E-state index in [1.165, 1.54) is 12.1 Å². The second-order valence-electron chi connectivity index (χ2n) is 7.39. The minimum absolute atomic E-state index is 0.00979. The molecule has 1 heterocycles. The number of anilines is 1. The molecule has 1 saturated heterocycles. The molecule has 4 N–H and O–H groups in total. The number of urea groups is 1. The molecule has 2 aromatic carbocycles. The van der Waals surface area contributed by atoms with E-state index in [0.717, 1.165) is 24.3 Å². The number of sulfonamides is 1. The number of nitrogens with zero attached hydrogens (tertiary/aromatic N) is 2. The van der Waals surface area contributed by atoms with E-state index in [0.29, 0.717) is 13.1 Å². The highest BCUT2D eigenvalue weighted by Crippen LogP contribution is 2.15. The second kappa shape index (κ2) is 9.80. The van der Waals surface area contributed by atoms with Crippen molar-refractivity contribution in [2.24, 2.45) is 5.14 Å². The van der Waals surface area contributed by atoms with Crippen LogP contribution in [0.25, 0.3) is 0 Å². The van der Waals surface area contributed by atoms with Gasteiger partial charge in [0.1, 0.15) is 6.04 Å². The van der Waals surface area contributed by atoms with E-state index in [1.807, 2.05) is 30.3 Å². The maximum atomic E-state index is 12.5. The maximum Gasteiger partial charge on any atom is 0.318 e. The van der Waals surface area contributed by atoms with Crippen molar-refractivity contribution < 1.29 is 18.0 Å². The minimum atomic E-state index is -3.75. The fourth-order valence-electron chi connectivity index (χ4n) is 3.29. The molecule has 0 radical (unpaired) electrons. The van der Waals surface area contributed by atoms with Gasteiger partial charge in [0.2, 0.25) is 15.9 Å². The van der Waals surface area contributed by atoms with Crippen LogP contribution in [-0.4, -0.2) is 57.5 Å². The van der Waals surface area contributed by atoms with Gasteiger partial charge in [0, 0.05) is 38.4 Å². The molecule has 0 aliphatic carbocycles. The van der Waals surface area contributed by atoms with Gasteiger partial charge in [-0.25, -0.2) is 18.4 Å². The third-order valence-corrected chi connectivity index (χ3v) is 6.07. The predicted octanol–water partition coefficient (Wildman–Crippen LogP) is 0.871. The lowest BCUT2D eigenvalue weighted by Gasteiger charge is -2.36. The summed E-state index contributed by atoms with van der Waals surface area (Å²) in [5.41, 5.74) is 1.85. The van der Waals surface area contributed by atoms with E-state index in [-0.39, 0.29) is 23.4 Å². The Morgan fingerprint density at radius 2 is 1.61 bits per heavy atom. The quantitative estimate of drug-likeness (QED) is 0.609. The number of piperazine rings is 1. The van der Waals surface area contributed by atoms with Crippen LogP contribution >= 0.6 is 0 Å². The summed E-state index contributed by atoms with van der Waals surface area (Å²) in [6.45, 7) is 4.44. The summed E-state index contributed by atoms with van der Waals surface area (Å²) < 4.78 is 22.6. The van der Waals surface area contributed by atoms with E-state index in [1.54, 1.807) is 24.0 Å². The monoisotopic (exact) mass is 445 g/mol. The second-order valence-corrected chi connectivity index (χ2v) is 8.95. The van der Waals surface area contributed by atoms with Crippen LogP contribution in [0.2, 0.25) is 0 Å². The van der Waals surface area contributed by atoms with Crippen LogP contribution in [0, 0.1) is 0 Å². The number of nitrogens with one attached hydrogen (secondary N) is 2. The molecule has 10 heteroatoms. The number of benzene rings is 2. The summed E-state index contributed by atoms with van der Waals surface area (Å²) >= 11 is 0. The number of carbonyl (C=O) groups excluding carboxylic acids is 2. The summed E-state index contributed by atoms with van der Waals surface area (Å²) in [6, 6.07) is 15.0. The van der Waals surface area contributed by atoms with Crippen LogP contribution in [-0.2, 0) is 21.4 Å². The fourth-order valence-corrected chi connectivity index (χ4v) is 3.80. The van der Waals surface area contributed by atoms with Gasteiger partial charge in [-0.3, -0.25) is 4.79 Å². The van der Waals surface area contributed by atoms with Crippen LogP contribution < -0.4 is 20.7 Å². The van der Waals surface area contributed by atoms with Crippen LogP contribution in [0.5, 0.6) is 0 Å². The lowest BCUT2D eigenvalue weighted by molar-refractivity contribution is -0.122. The smallest absolute Gasteiger partial charge is 0.318 e. The molecule has 9 nitrogen and oxygen atoms in total. The zero-order valence-corrected chi connectivity index (χ0v) is 18.1. The molecule has 166 valence electrons. The molecule has 31 heavy (non-hydrogen) atoms. The van der Waals surface area contributed by atoms with Gasteiger partial charge in [-0.1, -0.05) is 30.3 Å². The molecule has 0 aromatic heterocycles. The number of carbonyl (C=O) groups is 2. The Bertz CT molecular complexity index is 1000. The Morgan fingerprint density at radius 1 is 1.00 bits per heavy atom. The molecule has 0 bridgehead atoms. The van der Waals surface area contributed by atoms with Crippen LogP contribution in [0.1, 0.15) is 12.5 Å². The highest BCUT2D eigenvalue weighted by molar-refractivity contribution is 7.89. The van der Waals surface area contributed by atoms with Gasteiger partial charge in [-0.15, -0.1) is 0 Å². The van der Waals surface area contributed by atoms with E-state index in [4.69, 9.17) is 5.14 Å². The zero-order chi connectivity index (χ0) is 22.4. The first-order chi connectivity index (χ1) is 14.7. The highest BCUT2D eigenvalue weighted by atomic mass is 32.2. The Morgan fingerprint density at radius 3 is 2.19 bits per heavy atom. The Kier molecular flexibility index (Phi) is 7.13. The van der Waals surface area contributed by atoms with Gasteiger partial charge in [0.05, 0.1) is 4.90 Å². The van der Waals surface area contributed by atoms with Crippen molar-refractivity contribution in [3.05, 3.63) is 60.2 Å². The van der Waals surface area contributed by atoms with Gasteiger partial charge in [-0.05, 0) is 36.8 Å². The first-order valence-corrected chi connectivity index (χ1v) is 11.5. The van der Waals surface area contributed by atoms with Gasteiger partial charge in [-0.2, -0.15) is 0 Å². The average Bonchev–Trinajstić information content (AvgIpc) is 2.77. The third-order valence-electron chi connectivity index (χ3n) is 5.14. The van der Waals surface area contributed by atoms with Crippen molar-refractivity contribution in [2.75, 3.05) is 31.1 Å². The van der Waals surface area contributed by atoms with Crippen molar-refractivity contribution in [1.82, 2.24) is 15.5 Å². The third kappa shape index (κ3) is 6.19. The first-order valence-electron chi connectivity index (χ1n) is 9.99. The summed E-state index contributed by atoms with van der Waals surface area (Å²) in [4.78, 5) is 28.8. The molecule has 3 amide bonds. The maximum absolute atomic E-state index is 12.5. The number of amides is 3. The molecule has 1 aliphatic heterocycles. The van der Waals surface area contributed by atoms with E-state index in [9.17, 15) is 18.0 Å². The van der Waals surface area contributed by atoms with Gasteiger partial charge < -0.3 is 20.4 Å². The van der Waals surface area contributed by atoms with Crippen molar-refractivity contribution in [3.8, 4) is 0 Å². The Labute approximate surface area is 182 Å². The fraction of sp³-hybridized carbons (Fsp3) is 0.333. The number of hydrogen-bond acceptors (Lipinski definition) is 5. The molecular weight excluding hydrogens is 418 g/mol. The Hall–Kier alpha value is -3.11. The molecule has 3 rings (SSSR count). The largest absolute Gasteiger partial charge is 0.368 e. The Balaban J connectivity index is 1.43. The summed E-state index contributed by atoms with van der Waals surface area (Å²) in [5, 5.41) is 10.5. The van der Waals surface area contributed by atoms with E-state index < -0.39 is 16.1 Å². The lowest BCUT2D eigenvalue weighted by Crippen LogP contribution is -2.55. The van der Waals surface area contributed by atoms with E-state index in [2.05, 4.69) is 15.5 Å². The molecular formula is C21H27N5O4S. The van der Waals surface area contributed by atoms with Crippen LogP contribution in [0.4, 0.5) is 10.5 Å².